The van der Waals surface area contributed by atoms with Gasteiger partial charge in [0.2, 0.25) is 5.91 Å². The van der Waals surface area contributed by atoms with Crippen LogP contribution in [0.5, 0.6) is 0 Å². The van der Waals surface area contributed by atoms with E-state index in [4.69, 9.17) is 4.42 Å². The standard InChI is InChI=1S/C18H20N2O3S/c1-2-9-19-17(22)13-5-7-14(8-6-13)18-20(16(21)12-24-18)11-15-4-3-10-23-15/h3-8,10,18H,2,9,11-12H2,1H3,(H,19,22)/t18-/m1/s1. The van der Waals surface area contributed by atoms with Crippen molar-refractivity contribution >= 4 is 23.6 Å². The Morgan fingerprint density at radius 1 is 1.33 bits per heavy atom. The molecule has 1 aliphatic heterocycles. The Kier molecular flexibility index (Phi) is 5.25. The van der Waals surface area contributed by atoms with Gasteiger partial charge in [-0.05, 0) is 36.2 Å². The number of nitrogens with zero attached hydrogens (tertiary/aromatic N) is 1. The molecule has 1 aromatic carbocycles. The summed E-state index contributed by atoms with van der Waals surface area (Å²) in [4.78, 5) is 26.0. The van der Waals surface area contributed by atoms with Gasteiger partial charge < -0.3 is 14.6 Å². The summed E-state index contributed by atoms with van der Waals surface area (Å²) in [6, 6.07) is 11.2. The molecule has 3 rings (SSSR count). The summed E-state index contributed by atoms with van der Waals surface area (Å²) in [5, 5.41) is 2.82. The highest BCUT2D eigenvalue weighted by Crippen LogP contribution is 2.39. The quantitative estimate of drug-likeness (QED) is 0.874. The van der Waals surface area contributed by atoms with Crippen LogP contribution in [0.3, 0.4) is 0 Å². The van der Waals surface area contributed by atoms with Crippen molar-refractivity contribution in [3.63, 3.8) is 0 Å². The highest BCUT2D eigenvalue weighted by atomic mass is 32.2. The second-order valence-corrected chi connectivity index (χ2v) is 6.71. The van der Waals surface area contributed by atoms with E-state index >= 15 is 0 Å². The monoisotopic (exact) mass is 344 g/mol. The second kappa shape index (κ2) is 7.57. The predicted octanol–water partition coefficient (Wildman–Crippen LogP) is 3.19. The minimum atomic E-state index is -0.0639. The summed E-state index contributed by atoms with van der Waals surface area (Å²) in [6.07, 6.45) is 2.52. The van der Waals surface area contributed by atoms with E-state index in [2.05, 4.69) is 5.32 Å². The lowest BCUT2D eigenvalue weighted by Crippen LogP contribution is -2.27. The van der Waals surface area contributed by atoms with E-state index in [1.54, 1.807) is 18.0 Å². The number of carbonyl (C=O) groups excluding carboxylic acids is 2. The lowest BCUT2D eigenvalue weighted by Gasteiger charge is -2.23. The normalized spacial score (nSPS) is 17.3. The first-order chi connectivity index (χ1) is 11.7. The Morgan fingerprint density at radius 3 is 2.79 bits per heavy atom. The fraction of sp³-hybridized carbons (Fsp3) is 0.333. The number of hydrogen-bond donors (Lipinski definition) is 1. The summed E-state index contributed by atoms with van der Waals surface area (Å²) in [7, 11) is 0. The first kappa shape index (κ1) is 16.6. The van der Waals surface area contributed by atoms with Crippen molar-refractivity contribution in [2.45, 2.75) is 25.3 Å². The number of furan rings is 1. The Hall–Kier alpha value is -2.21. The van der Waals surface area contributed by atoms with Crippen molar-refractivity contribution in [1.82, 2.24) is 10.2 Å². The lowest BCUT2D eigenvalue weighted by atomic mass is 10.1. The maximum Gasteiger partial charge on any atom is 0.251 e. The number of benzene rings is 1. The smallest absolute Gasteiger partial charge is 0.251 e. The van der Waals surface area contributed by atoms with Gasteiger partial charge in [0.05, 0.1) is 18.6 Å². The van der Waals surface area contributed by atoms with Gasteiger partial charge in [-0.15, -0.1) is 11.8 Å². The van der Waals surface area contributed by atoms with Gasteiger partial charge in [-0.1, -0.05) is 19.1 Å². The molecule has 1 fully saturated rings. The number of rotatable bonds is 6. The van der Waals surface area contributed by atoms with Crippen molar-refractivity contribution in [2.75, 3.05) is 12.3 Å². The molecule has 126 valence electrons. The molecule has 5 nitrogen and oxygen atoms in total. The number of carbonyl (C=O) groups is 2. The average Bonchev–Trinajstić information content (AvgIpc) is 3.24. The molecule has 2 amide bonds. The first-order valence-corrected chi connectivity index (χ1v) is 9.05. The maximum absolute atomic E-state index is 12.2. The molecule has 0 radical (unpaired) electrons. The van der Waals surface area contributed by atoms with Crippen LogP contribution in [0.4, 0.5) is 0 Å². The van der Waals surface area contributed by atoms with Crippen LogP contribution in [0.2, 0.25) is 0 Å². The van der Waals surface area contributed by atoms with Crippen molar-refractivity contribution in [3.05, 3.63) is 59.5 Å². The van der Waals surface area contributed by atoms with E-state index in [1.807, 2.05) is 48.2 Å². The molecular formula is C18H20N2O3S. The first-order valence-electron chi connectivity index (χ1n) is 8.00. The van der Waals surface area contributed by atoms with Crippen molar-refractivity contribution in [3.8, 4) is 0 Å². The van der Waals surface area contributed by atoms with Gasteiger partial charge in [0.1, 0.15) is 11.1 Å². The van der Waals surface area contributed by atoms with Crippen LogP contribution < -0.4 is 5.32 Å². The zero-order chi connectivity index (χ0) is 16.9. The van der Waals surface area contributed by atoms with Gasteiger partial charge in [0.25, 0.3) is 5.91 Å². The number of nitrogens with one attached hydrogen (secondary N) is 1. The summed E-state index contributed by atoms with van der Waals surface area (Å²) >= 11 is 1.60. The number of amides is 2. The molecule has 24 heavy (non-hydrogen) atoms. The van der Waals surface area contributed by atoms with Crippen LogP contribution in [0.15, 0.2) is 47.1 Å². The van der Waals surface area contributed by atoms with Crippen LogP contribution in [0.1, 0.15) is 40.4 Å². The number of thioether (sulfide) groups is 1. The fourth-order valence-corrected chi connectivity index (χ4v) is 3.80. The van der Waals surface area contributed by atoms with Gasteiger partial charge in [0, 0.05) is 12.1 Å². The topological polar surface area (TPSA) is 62.6 Å². The fourth-order valence-electron chi connectivity index (χ4n) is 2.61. The Balaban J connectivity index is 1.72. The highest BCUT2D eigenvalue weighted by molar-refractivity contribution is 8.00. The van der Waals surface area contributed by atoms with Crippen molar-refractivity contribution in [2.24, 2.45) is 0 Å². The zero-order valence-corrected chi connectivity index (χ0v) is 14.3. The van der Waals surface area contributed by atoms with E-state index in [9.17, 15) is 9.59 Å². The molecule has 1 saturated heterocycles. The van der Waals surface area contributed by atoms with Crippen LogP contribution >= 0.6 is 11.8 Å². The second-order valence-electron chi connectivity index (χ2n) is 5.64. The van der Waals surface area contributed by atoms with Gasteiger partial charge in [-0.2, -0.15) is 0 Å². The van der Waals surface area contributed by atoms with Gasteiger partial charge in [-0.25, -0.2) is 0 Å². The number of hydrogen-bond acceptors (Lipinski definition) is 4. The van der Waals surface area contributed by atoms with Crippen LogP contribution in [-0.2, 0) is 11.3 Å². The zero-order valence-electron chi connectivity index (χ0n) is 13.5. The SMILES string of the molecule is CCCNC(=O)c1ccc([C@H]2SCC(=O)N2Cc2ccco2)cc1. The van der Waals surface area contributed by atoms with E-state index in [0.29, 0.717) is 24.4 Å². The highest BCUT2D eigenvalue weighted by Gasteiger charge is 2.33. The molecule has 0 saturated carbocycles. The van der Waals surface area contributed by atoms with Crippen molar-refractivity contribution < 1.29 is 14.0 Å². The summed E-state index contributed by atoms with van der Waals surface area (Å²) in [6.45, 7) is 3.15. The third-order valence-corrected chi connectivity index (χ3v) is 5.12. The van der Waals surface area contributed by atoms with E-state index < -0.39 is 0 Å². The average molecular weight is 344 g/mol. The van der Waals surface area contributed by atoms with Crippen molar-refractivity contribution in [1.29, 1.82) is 0 Å². The molecular weight excluding hydrogens is 324 g/mol. The van der Waals surface area contributed by atoms with Crippen LogP contribution in [0, 0.1) is 0 Å². The largest absolute Gasteiger partial charge is 0.467 e. The van der Waals surface area contributed by atoms with E-state index in [1.165, 1.54) is 0 Å². The third kappa shape index (κ3) is 3.64. The van der Waals surface area contributed by atoms with Crippen LogP contribution in [-0.4, -0.2) is 29.0 Å². The summed E-state index contributed by atoms with van der Waals surface area (Å²) in [5.41, 5.74) is 1.66. The molecule has 1 N–H and O–H groups in total. The molecule has 1 atom stereocenters. The van der Waals surface area contributed by atoms with Gasteiger partial charge >= 0.3 is 0 Å². The van der Waals surface area contributed by atoms with E-state index in [-0.39, 0.29) is 17.2 Å². The summed E-state index contributed by atoms with van der Waals surface area (Å²) in [5.74, 6) is 1.27. The van der Waals surface area contributed by atoms with Gasteiger partial charge in [0.15, 0.2) is 0 Å². The molecule has 0 aliphatic carbocycles. The summed E-state index contributed by atoms with van der Waals surface area (Å²) < 4.78 is 5.36. The molecule has 6 heteroatoms. The Labute approximate surface area is 145 Å². The Morgan fingerprint density at radius 2 is 2.12 bits per heavy atom. The molecule has 0 unspecified atom stereocenters. The third-order valence-electron chi connectivity index (χ3n) is 3.87. The Bertz CT molecular complexity index is 698. The molecule has 1 aromatic heterocycles. The molecule has 0 bridgehead atoms. The maximum atomic E-state index is 12.2. The predicted molar refractivity (Wildman–Crippen MR) is 93.5 cm³/mol. The molecule has 1 aliphatic rings. The minimum absolute atomic E-state index is 0.0460. The molecule has 0 spiro atoms. The molecule has 2 heterocycles. The van der Waals surface area contributed by atoms with E-state index in [0.717, 1.165) is 17.7 Å². The molecule has 2 aromatic rings. The minimum Gasteiger partial charge on any atom is -0.467 e. The van der Waals surface area contributed by atoms with Crippen LogP contribution in [0.25, 0.3) is 0 Å². The van der Waals surface area contributed by atoms with Gasteiger partial charge in [-0.3, -0.25) is 9.59 Å². The lowest BCUT2D eigenvalue weighted by molar-refractivity contribution is -0.128.